The van der Waals surface area contributed by atoms with Crippen molar-refractivity contribution < 1.29 is 19.1 Å². The molecule has 1 fully saturated rings. The smallest absolute Gasteiger partial charge is 0.320 e. The van der Waals surface area contributed by atoms with Crippen molar-refractivity contribution in [2.75, 3.05) is 13.2 Å². The van der Waals surface area contributed by atoms with Crippen LogP contribution in [0.3, 0.4) is 0 Å². The predicted octanol–water partition coefficient (Wildman–Crippen LogP) is 2.94. The molecule has 1 saturated heterocycles. The number of carbonyl (C=O) groups is 2. The normalized spacial score (nSPS) is 23.0. The lowest BCUT2D eigenvalue weighted by atomic mass is 9.74. The molecule has 1 aliphatic heterocycles. The van der Waals surface area contributed by atoms with Crippen molar-refractivity contribution in [3.05, 3.63) is 35.9 Å². The number of Topliss-reactive ketones (excluding diaryl/α,β-unsaturated/α-hetero) is 1. The van der Waals surface area contributed by atoms with Gasteiger partial charge in [-0.25, -0.2) is 0 Å². The minimum Gasteiger partial charge on any atom is -0.459 e. The van der Waals surface area contributed by atoms with Gasteiger partial charge in [-0.1, -0.05) is 30.3 Å². The molecule has 0 amide bonds. The van der Waals surface area contributed by atoms with Gasteiger partial charge in [0.15, 0.2) is 5.78 Å². The quantitative estimate of drug-likeness (QED) is 0.636. The number of benzene rings is 1. The second-order valence-electron chi connectivity index (χ2n) is 6.78. The fraction of sp³-hybridized carbons (Fsp3) is 0.556. The Morgan fingerprint density at radius 3 is 2.55 bits per heavy atom. The fourth-order valence-corrected chi connectivity index (χ4v) is 2.69. The lowest BCUT2D eigenvalue weighted by Gasteiger charge is -2.32. The molecule has 22 heavy (non-hydrogen) atoms. The van der Waals surface area contributed by atoms with E-state index in [0.29, 0.717) is 26.1 Å². The summed E-state index contributed by atoms with van der Waals surface area (Å²) in [5.41, 5.74) is -0.789. The fourth-order valence-electron chi connectivity index (χ4n) is 2.69. The summed E-state index contributed by atoms with van der Waals surface area (Å²) in [5.74, 6) is -0.512. The maximum atomic E-state index is 12.8. The summed E-state index contributed by atoms with van der Waals surface area (Å²) in [5, 5.41) is 0. The summed E-state index contributed by atoms with van der Waals surface area (Å²) in [7, 11) is 0. The summed E-state index contributed by atoms with van der Waals surface area (Å²) in [6.07, 6.45) is 0.993. The first-order chi connectivity index (χ1) is 10.3. The van der Waals surface area contributed by atoms with E-state index in [-0.39, 0.29) is 12.2 Å². The van der Waals surface area contributed by atoms with E-state index < -0.39 is 17.0 Å². The molecule has 1 heterocycles. The maximum Gasteiger partial charge on any atom is 0.320 e. The summed E-state index contributed by atoms with van der Waals surface area (Å²) < 4.78 is 11.0. The van der Waals surface area contributed by atoms with Crippen LogP contribution in [-0.2, 0) is 25.5 Å². The van der Waals surface area contributed by atoms with Crippen molar-refractivity contribution in [3.63, 3.8) is 0 Å². The lowest BCUT2D eigenvalue weighted by Crippen LogP contribution is -2.45. The Hall–Kier alpha value is -1.68. The summed E-state index contributed by atoms with van der Waals surface area (Å²) in [6, 6.07) is 9.61. The van der Waals surface area contributed by atoms with Gasteiger partial charge < -0.3 is 9.47 Å². The first kappa shape index (κ1) is 16.7. The summed E-state index contributed by atoms with van der Waals surface area (Å²) in [6.45, 7) is 6.23. The third kappa shape index (κ3) is 3.95. The monoisotopic (exact) mass is 304 g/mol. The van der Waals surface area contributed by atoms with Crippen LogP contribution < -0.4 is 0 Å². The molecule has 2 rings (SSSR count). The van der Waals surface area contributed by atoms with Gasteiger partial charge in [-0.3, -0.25) is 9.59 Å². The van der Waals surface area contributed by atoms with E-state index in [2.05, 4.69) is 0 Å². The Balaban J connectivity index is 2.34. The van der Waals surface area contributed by atoms with E-state index in [9.17, 15) is 9.59 Å². The third-order valence-electron chi connectivity index (χ3n) is 3.82. The molecule has 1 aromatic carbocycles. The highest BCUT2D eigenvalue weighted by Crippen LogP contribution is 2.35. The van der Waals surface area contributed by atoms with Gasteiger partial charge in [0.1, 0.15) is 11.0 Å². The zero-order valence-corrected chi connectivity index (χ0v) is 13.6. The molecule has 0 saturated carbocycles. The molecule has 0 aliphatic carbocycles. The van der Waals surface area contributed by atoms with Gasteiger partial charge in [0, 0.05) is 13.0 Å². The first-order valence-electron chi connectivity index (χ1n) is 7.72. The summed E-state index contributed by atoms with van der Waals surface area (Å²) in [4.78, 5) is 25.5. The van der Waals surface area contributed by atoms with Crippen LogP contribution in [0.5, 0.6) is 0 Å². The van der Waals surface area contributed by atoms with Gasteiger partial charge in [0.2, 0.25) is 0 Å². The Labute approximate surface area is 131 Å². The van der Waals surface area contributed by atoms with E-state index in [1.165, 1.54) is 0 Å². The number of ether oxygens (including phenoxy) is 2. The number of ketones is 1. The molecular formula is C18H24O4. The molecule has 0 bridgehead atoms. The molecular weight excluding hydrogens is 280 g/mol. The molecule has 120 valence electrons. The average molecular weight is 304 g/mol. The second-order valence-corrected chi connectivity index (χ2v) is 6.78. The van der Waals surface area contributed by atoms with Gasteiger partial charge in [-0.05, 0) is 39.2 Å². The number of hydrogen-bond acceptors (Lipinski definition) is 4. The molecule has 1 aliphatic rings. The van der Waals surface area contributed by atoms with Crippen LogP contribution in [-0.4, -0.2) is 30.6 Å². The summed E-state index contributed by atoms with van der Waals surface area (Å²) >= 11 is 0. The Bertz CT molecular complexity index is 530. The van der Waals surface area contributed by atoms with Gasteiger partial charge >= 0.3 is 5.97 Å². The molecule has 0 radical (unpaired) electrons. The van der Waals surface area contributed by atoms with Crippen LogP contribution in [0.4, 0.5) is 0 Å². The van der Waals surface area contributed by atoms with Crippen molar-refractivity contribution in [1.29, 1.82) is 0 Å². The zero-order valence-electron chi connectivity index (χ0n) is 13.6. The standard InChI is InChI=1S/C18H24O4/c1-17(2,3)22-16(20)18(10-12-21-11-9-15(18)19)13-14-7-5-4-6-8-14/h4-8H,9-13H2,1-3H3. The Kier molecular flexibility index (Phi) is 5.01. The highest BCUT2D eigenvalue weighted by molar-refractivity contribution is 6.04. The largest absolute Gasteiger partial charge is 0.459 e. The van der Waals surface area contributed by atoms with Gasteiger partial charge in [0.05, 0.1) is 6.61 Å². The molecule has 0 spiro atoms. The minimum atomic E-state index is -1.13. The number of esters is 1. The van der Waals surface area contributed by atoms with Gasteiger partial charge in [-0.2, -0.15) is 0 Å². The van der Waals surface area contributed by atoms with E-state index in [0.717, 1.165) is 5.56 Å². The Morgan fingerprint density at radius 1 is 1.23 bits per heavy atom. The highest BCUT2D eigenvalue weighted by atomic mass is 16.6. The minimum absolute atomic E-state index is 0.0805. The topological polar surface area (TPSA) is 52.6 Å². The zero-order chi connectivity index (χ0) is 16.2. The molecule has 1 aromatic rings. The Morgan fingerprint density at radius 2 is 1.91 bits per heavy atom. The van der Waals surface area contributed by atoms with Crippen molar-refractivity contribution in [3.8, 4) is 0 Å². The van der Waals surface area contributed by atoms with Crippen molar-refractivity contribution in [2.45, 2.75) is 45.6 Å². The van der Waals surface area contributed by atoms with Crippen LogP contribution in [0.25, 0.3) is 0 Å². The van der Waals surface area contributed by atoms with Crippen molar-refractivity contribution >= 4 is 11.8 Å². The molecule has 1 atom stereocenters. The highest BCUT2D eigenvalue weighted by Gasteiger charge is 2.48. The predicted molar refractivity (Wildman–Crippen MR) is 83.5 cm³/mol. The van der Waals surface area contributed by atoms with E-state index >= 15 is 0 Å². The molecule has 4 heteroatoms. The van der Waals surface area contributed by atoms with Crippen LogP contribution in [0, 0.1) is 5.41 Å². The second kappa shape index (κ2) is 6.61. The van der Waals surface area contributed by atoms with E-state index in [4.69, 9.17) is 9.47 Å². The van der Waals surface area contributed by atoms with Crippen molar-refractivity contribution in [2.24, 2.45) is 5.41 Å². The molecule has 0 N–H and O–H groups in total. The van der Waals surface area contributed by atoms with Gasteiger partial charge in [-0.15, -0.1) is 0 Å². The first-order valence-corrected chi connectivity index (χ1v) is 7.72. The van der Waals surface area contributed by atoms with Crippen LogP contribution in [0.2, 0.25) is 0 Å². The van der Waals surface area contributed by atoms with Crippen LogP contribution in [0.1, 0.15) is 39.2 Å². The molecule has 0 aromatic heterocycles. The lowest BCUT2D eigenvalue weighted by molar-refractivity contribution is -0.171. The number of carbonyl (C=O) groups excluding carboxylic acids is 2. The van der Waals surface area contributed by atoms with Gasteiger partial charge in [0.25, 0.3) is 0 Å². The van der Waals surface area contributed by atoms with Crippen LogP contribution >= 0.6 is 0 Å². The number of rotatable bonds is 3. The molecule has 1 unspecified atom stereocenters. The third-order valence-corrected chi connectivity index (χ3v) is 3.82. The number of hydrogen-bond donors (Lipinski definition) is 0. The SMILES string of the molecule is CC(C)(C)OC(=O)C1(Cc2ccccc2)CCOCCC1=O. The average Bonchev–Trinajstić information content (AvgIpc) is 2.62. The van der Waals surface area contributed by atoms with E-state index in [1.807, 2.05) is 51.1 Å². The molecule has 4 nitrogen and oxygen atoms in total. The van der Waals surface area contributed by atoms with Crippen LogP contribution in [0.15, 0.2) is 30.3 Å². The van der Waals surface area contributed by atoms with E-state index in [1.54, 1.807) is 0 Å². The maximum absolute atomic E-state index is 12.8. The van der Waals surface area contributed by atoms with Crippen molar-refractivity contribution in [1.82, 2.24) is 0 Å².